The molecule has 0 aliphatic rings. The van der Waals surface area contributed by atoms with E-state index in [-0.39, 0.29) is 0 Å². The second-order valence-electron chi connectivity index (χ2n) is 2.70. The Bertz CT molecular complexity index is 244. The topological polar surface area (TPSA) is 29.9 Å². The second kappa shape index (κ2) is 4.52. The zero-order valence-electron chi connectivity index (χ0n) is 7.79. The summed E-state index contributed by atoms with van der Waals surface area (Å²) in [6, 6.07) is 2.11. The maximum atomic E-state index is 4.27. The average molecular weight is 185 g/mol. The van der Waals surface area contributed by atoms with Gasteiger partial charge in [0.2, 0.25) is 0 Å². The summed E-state index contributed by atoms with van der Waals surface area (Å²) < 4.78 is 1.93. The van der Waals surface area contributed by atoms with Gasteiger partial charge in [0, 0.05) is 19.3 Å². The summed E-state index contributed by atoms with van der Waals surface area (Å²) in [6.07, 6.45) is 0. The van der Waals surface area contributed by atoms with Crippen molar-refractivity contribution in [2.75, 3.05) is 19.3 Å². The molecule has 4 heteroatoms. The Morgan fingerprint density at radius 2 is 2.42 bits per heavy atom. The molecule has 3 nitrogen and oxygen atoms in total. The van der Waals surface area contributed by atoms with E-state index in [1.807, 2.05) is 37.5 Å². The predicted molar refractivity (Wildman–Crippen MR) is 52.6 cm³/mol. The third-order valence-corrected chi connectivity index (χ3v) is 2.65. The molecule has 12 heavy (non-hydrogen) atoms. The first-order valence-electron chi connectivity index (χ1n) is 4.02. The highest BCUT2D eigenvalue weighted by molar-refractivity contribution is 7.99. The van der Waals surface area contributed by atoms with Gasteiger partial charge in [-0.1, -0.05) is 0 Å². The first-order valence-corrected chi connectivity index (χ1v) is 5.00. The fraction of sp³-hybridized carbons (Fsp3) is 0.625. The van der Waals surface area contributed by atoms with Gasteiger partial charge in [-0.2, -0.15) is 5.10 Å². The third kappa shape index (κ3) is 2.53. The molecule has 0 aromatic carbocycles. The van der Waals surface area contributed by atoms with Crippen molar-refractivity contribution in [1.29, 1.82) is 0 Å². The van der Waals surface area contributed by atoms with Crippen LogP contribution >= 0.6 is 11.8 Å². The lowest BCUT2D eigenvalue weighted by Crippen LogP contribution is -2.10. The van der Waals surface area contributed by atoms with Crippen LogP contribution in [0.1, 0.15) is 5.69 Å². The average Bonchev–Trinajstić information content (AvgIpc) is 2.31. The molecule has 68 valence electrons. The molecule has 0 saturated carbocycles. The van der Waals surface area contributed by atoms with Gasteiger partial charge in [-0.25, -0.2) is 0 Å². The Balaban J connectivity index is 2.45. The summed E-state index contributed by atoms with van der Waals surface area (Å²) in [5.74, 6) is 1.09. The molecule has 0 aliphatic heterocycles. The van der Waals surface area contributed by atoms with Crippen LogP contribution in [0.3, 0.4) is 0 Å². The van der Waals surface area contributed by atoms with E-state index in [0.717, 1.165) is 18.0 Å². The predicted octanol–water partition coefficient (Wildman–Crippen LogP) is 1.04. The van der Waals surface area contributed by atoms with Gasteiger partial charge in [0.1, 0.15) is 0 Å². The van der Waals surface area contributed by atoms with Gasteiger partial charge < -0.3 is 5.32 Å². The van der Waals surface area contributed by atoms with Crippen molar-refractivity contribution in [1.82, 2.24) is 15.1 Å². The summed E-state index contributed by atoms with van der Waals surface area (Å²) in [5, 5.41) is 8.62. The largest absolute Gasteiger partial charge is 0.319 e. The van der Waals surface area contributed by atoms with E-state index in [0.29, 0.717) is 0 Å². The summed E-state index contributed by atoms with van der Waals surface area (Å²) in [6.45, 7) is 3.05. The van der Waals surface area contributed by atoms with Gasteiger partial charge in [0.25, 0.3) is 0 Å². The molecule has 1 aromatic rings. The Labute approximate surface area is 77.5 Å². The van der Waals surface area contributed by atoms with Crippen LogP contribution in [0, 0.1) is 6.92 Å². The smallest absolute Gasteiger partial charge is 0.0939 e. The highest BCUT2D eigenvalue weighted by Crippen LogP contribution is 2.16. The summed E-state index contributed by atoms with van der Waals surface area (Å²) in [4.78, 5) is 0. The van der Waals surface area contributed by atoms with E-state index in [1.165, 1.54) is 5.03 Å². The SMILES string of the molecule is CNCCSc1cc(C)nn1C. The van der Waals surface area contributed by atoms with Crippen molar-refractivity contribution in [3.8, 4) is 0 Å². The minimum Gasteiger partial charge on any atom is -0.319 e. The van der Waals surface area contributed by atoms with Crippen LogP contribution in [0.5, 0.6) is 0 Å². The molecular weight excluding hydrogens is 170 g/mol. The van der Waals surface area contributed by atoms with Crippen LogP contribution < -0.4 is 5.32 Å². The van der Waals surface area contributed by atoms with Crippen molar-refractivity contribution in [3.05, 3.63) is 11.8 Å². The van der Waals surface area contributed by atoms with Crippen molar-refractivity contribution >= 4 is 11.8 Å². The molecule has 0 fully saturated rings. The monoisotopic (exact) mass is 185 g/mol. The Hall–Kier alpha value is -0.480. The van der Waals surface area contributed by atoms with Gasteiger partial charge in [-0.15, -0.1) is 11.8 Å². The van der Waals surface area contributed by atoms with Gasteiger partial charge in [-0.3, -0.25) is 4.68 Å². The molecule has 0 saturated heterocycles. The normalized spacial score (nSPS) is 10.6. The zero-order chi connectivity index (χ0) is 8.97. The van der Waals surface area contributed by atoms with Gasteiger partial charge in [0.15, 0.2) is 0 Å². The van der Waals surface area contributed by atoms with E-state index in [4.69, 9.17) is 0 Å². The molecule has 0 unspecified atom stereocenters. The van der Waals surface area contributed by atoms with Crippen molar-refractivity contribution in [3.63, 3.8) is 0 Å². The number of rotatable bonds is 4. The van der Waals surface area contributed by atoms with Crippen LogP contribution in [0.4, 0.5) is 0 Å². The van der Waals surface area contributed by atoms with E-state index in [1.54, 1.807) is 0 Å². The lowest BCUT2D eigenvalue weighted by atomic mass is 10.5. The van der Waals surface area contributed by atoms with Crippen molar-refractivity contribution in [2.45, 2.75) is 11.9 Å². The minimum atomic E-state index is 1.04. The molecule has 0 atom stereocenters. The summed E-state index contributed by atoms with van der Waals surface area (Å²) in [5.41, 5.74) is 1.09. The Kier molecular flexibility index (Phi) is 3.62. The highest BCUT2D eigenvalue weighted by atomic mass is 32.2. The first kappa shape index (κ1) is 9.61. The van der Waals surface area contributed by atoms with Gasteiger partial charge in [0.05, 0.1) is 10.7 Å². The van der Waals surface area contributed by atoms with E-state index in [9.17, 15) is 0 Å². The number of hydrogen-bond donors (Lipinski definition) is 1. The molecule has 1 heterocycles. The van der Waals surface area contributed by atoms with E-state index < -0.39 is 0 Å². The van der Waals surface area contributed by atoms with E-state index in [2.05, 4.69) is 16.5 Å². The van der Waals surface area contributed by atoms with Crippen molar-refractivity contribution in [2.24, 2.45) is 7.05 Å². The number of aryl methyl sites for hydroxylation is 2. The fourth-order valence-electron chi connectivity index (χ4n) is 0.980. The van der Waals surface area contributed by atoms with E-state index >= 15 is 0 Å². The van der Waals surface area contributed by atoms with Gasteiger partial charge in [-0.05, 0) is 20.0 Å². The van der Waals surface area contributed by atoms with Gasteiger partial charge >= 0.3 is 0 Å². The molecule has 1 N–H and O–H groups in total. The molecule has 1 rings (SSSR count). The third-order valence-electron chi connectivity index (χ3n) is 1.56. The maximum absolute atomic E-state index is 4.27. The number of nitrogens with zero attached hydrogens (tertiary/aromatic N) is 2. The fourth-order valence-corrected chi connectivity index (χ4v) is 1.98. The highest BCUT2D eigenvalue weighted by Gasteiger charge is 2.00. The van der Waals surface area contributed by atoms with Crippen LogP contribution in [0.25, 0.3) is 0 Å². The molecule has 0 radical (unpaired) electrons. The quantitative estimate of drug-likeness (QED) is 0.561. The number of hydrogen-bond acceptors (Lipinski definition) is 3. The van der Waals surface area contributed by atoms with Crippen LogP contribution in [-0.2, 0) is 7.05 Å². The summed E-state index contributed by atoms with van der Waals surface area (Å²) in [7, 11) is 3.95. The Morgan fingerprint density at radius 3 is 2.92 bits per heavy atom. The lowest BCUT2D eigenvalue weighted by molar-refractivity contribution is 0.692. The van der Waals surface area contributed by atoms with Crippen LogP contribution in [0.2, 0.25) is 0 Å². The lowest BCUT2D eigenvalue weighted by Gasteiger charge is -1.99. The maximum Gasteiger partial charge on any atom is 0.0939 e. The molecule has 0 spiro atoms. The number of thioether (sulfide) groups is 1. The second-order valence-corrected chi connectivity index (χ2v) is 3.81. The number of aromatic nitrogens is 2. The van der Waals surface area contributed by atoms with Crippen LogP contribution in [-0.4, -0.2) is 29.1 Å². The minimum absolute atomic E-state index is 1.04. The zero-order valence-corrected chi connectivity index (χ0v) is 8.61. The van der Waals surface area contributed by atoms with Crippen LogP contribution in [0.15, 0.2) is 11.1 Å². The molecule has 0 bridgehead atoms. The molecule has 1 aromatic heterocycles. The molecular formula is C8H15N3S. The summed E-state index contributed by atoms with van der Waals surface area (Å²) >= 11 is 1.83. The number of nitrogens with one attached hydrogen (secondary N) is 1. The molecule has 0 amide bonds. The first-order chi connectivity index (χ1) is 5.74. The standard InChI is InChI=1S/C8H15N3S/c1-7-6-8(11(3)10-7)12-5-4-9-2/h6,9H,4-5H2,1-3H3. The van der Waals surface area contributed by atoms with Crippen molar-refractivity contribution < 1.29 is 0 Å². The molecule has 0 aliphatic carbocycles. The Morgan fingerprint density at radius 1 is 1.67 bits per heavy atom.